The van der Waals surface area contributed by atoms with Crippen molar-refractivity contribution in [1.29, 1.82) is 0 Å². The molecule has 2 nitrogen and oxygen atoms in total. The van der Waals surface area contributed by atoms with Crippen molar-refractivity contribution in [2.45, 2.75) is 58.9 Å². The van der Waals surface area contributed by atoms with Crippen LogP contribution in [0.1, 0.15) is 52.9 Å². The van der Waals surface area contributed by atoms with Crippen LogP contribution in [0.25, 0.3) is 0 Å². The van der Waals surface area contributed by atoms with Crippen molar-refractivity contribution in [3.63, 3.8) is 0 Å². The highest BCUT2D eigenvalue weighted by Crippen LogP contribution is 2.45. The average molecular weight is 210 g/mol. The van der Waals surface area contributed by atoms with E-state index in [1.807, 2.05) is 0 Å². The fourth-order valence-electron chi connectivity index (χ4n) is 2.87. The maximum atomic E-state index is 5.69. The van der Waals surface area contributed by atoms with E-state index >= 15 is 0 Å². The van der Waals surface area contributed by atoms with Gasteiger partial charge >= 0.3 is 0 Å². The SMILES string of the molecule is C=C(CC)CC(NN)C1CCCC1(C)C. The first kappa shape index (κ1) is 12.7. The fourth-order valence-corrected chi connectivity index (χ4v) is 2.87. The zero-order valence-corrected chi connectivity index (χ0v) is 10.5. The number of hydrogen-bond acceptors (Lipinski definition) is 2. The second-order valence-corrected chi connectivity index (χ2v) is 5.57. The normalized spacial score (nSPS) is 26.5. The summed E-state index contributed by atoms with van der Waals surface area (Å²) in [4.78, 5) is 0. The number of hydrogen-bond donors (Lipinski definition) is 2. The van der Waals surface area contributed by atoms with Crippen molar-refractivity contribution in [1.82, 2.24) is 5.43 Å². The zero-order valence-electron chi connectivity index (χ0n) is 10.5. The first-order valence-electron chi connectivity index (χ1n) is 6.14. The minimum atomic E-state index is 0.412. The molecule has 1 fully saturated rings. The molecule has 88 valence electrons. The lowest BCUT2D eigenvalue weighted by Crippen LogP contribution is -2.44. The van der Waals surface area contributed by atoms with Crippen molar-refractivity contribution in [3.8, 4) is 0 Å². The molecule has 15 heavy (non-hydrogen) atoms. The van der Waals surface area contributed by atoms with Crippen LogP contribution in [-0.4, -0.2) is 6.04 Å². The lowest BCUT2D eigenvalue weighted by molar-refractivity contribution is 0.196. The zero-order chi connectivity index (χ0) is 11.5. The summed E-state index contributed by atoms with van der Waals surface area (Å²) in [5.74, 6) is 6.39. The Labute approximate surface area is 94.3 Å². The number of hydrazine groups is 1. The maximum absolute atomic E-state index is 5.69. The summed E-state index contributed by atoms with van der Waals surface area (Å²) in [5, 5.41) is 0. The third-order valence-electron chi connectivity index (χ3n) is 4.05. The van der Waals surface area contributed by atoms with Gasteiger partial charge < -0.3 is 0 Å². The van der Waals surface area contributed by atoms with Crippen LogP contribution in [0.5, 0.6) is 0 Å². The minimum absolute atomic E-state index is 0.412. The van der Waals surface area contributed by atoms with Gasteiger partial charge in [0.2, 0.25) is 0 Å². The molecule has 1 aliphatic rings. The van der Waals surface area contributed by atoms with Crippen LogP contribution in [0.4, 0.5) is 0 Å². The van der Waals surface area contributed by atoms with E-state index in [-0.39, 0.29) is 0 Å². The van der Waals surface area contributed by atoms with Gasteiger partial charge in [0.15, 0.2) is 0 Å². The topological polar surface area (TPSA) is 38.0 Å². The molecule has 0 aliphatic heterocycles. The highest BCUT2D eigenvalue weighted by Gasteiger charge is 2.38. The average Bonchev–Trinajstić information content (AvgIpc) is 2.54. The number of rotatable bonds is 5. The van der Waals surface area contributed by atoms with Gasteiger partial charge in [0.25, 0.3) is 0 Å². The predicted molar refractivity (Wildman–Crippen MR) is 66.3 cm³/mol. The molecule has 2 heteroatoms. The molecule has 0 heterocycles. The molecular formula is C13H26N2. The van der Waals surface area contributed by atoms with Gasteiger partial charge in [0.05, 0.1) is 0 Å². The third kappa shape index (κ3) is 3.05. The van der Waals surface area contributed by atoms with Crippen LogP contribution in [0, 0.1) is 11.3 Å². The largest absolute Gasteiger partial charge is 0.271 e. The Kier molecular flexibility index (Phi) is 4.35. The van der Waals surface area contributed by atoms with Crippen molar-refractivity contribution in [2.75, 3.05) is 0 Å². The molecule has 0 saturated heterocycles. The smallest absolute Gasteiger partial charge is 0.0280 e. The lowest BCUT2D eigenvalue weighted by Gasteiger charge is -2.34. The Morgan fingerprint density at radius 3 is 2.67 bits per heavy atom. The van der Waals surface area contributed by atoms with E-state index in [4.69, 9.17) is 5.84 Å². The van der Waals surface area contributed by atoms with Gasteiger partial charge in [0, 0.05) is 6.04 Å². The van der Waals surface area contributed by atoms with Crippen LogP contribution in [-0.2, 0) is 0 Å². The second-order valence-electron chi connectivity index (χ2n) is 5.57. The Morgan fingerprint density at radius 2 is 2.27 bits per heavy atom. The molecule has 1 saturated carbocycles. The van der Waals surface area contributed by atoms with E-state index in [0.717, 1.165) is 12.8 Å². The summed E-state index contributed by atoms with van der Waals surface area (Å²) in [6.07, 6.45) is 6.06. The van der Waals surface area contributed by atoms with Crippen LogP contribution < -0.4 is 11.3 Å². The van der Waals surface area contributed by atoms with Crippen molar-refractivity contribution >= 4 is 0 Å². The minimum Gasteiger partial charge on any atom is -0.271 e. The maximum Gasteiger partial charge on any atom is 0.0280 e. The van der Waals surface area contributed by atoms with E-state index in [1.54, 1.807) is 0 Å². The third-order valence-corrected chi connectivity index (χ3v) is 4.05. The Hall–Kier alpha value is -0.340. The second kappa shape index (κ2) is 5.13. The van der Waals surface area contributed by atoms with Gasteiger partial charge in [-0.1, -0.05) is 39.3 Å². The lowest BCUT2D eigenvalue weighted by atomic mass is 9.76. The van der Waals surface area contributed by atoms with Crippen LogP contribution in [0.3, 0.4) is 0 Å². The monoisotopic (exact) mass is 210 g/mol. The van der Waals surface area contributed by atoms with Crippen molar-refractivity contribution in [3.05, 3.63) is 12.2 Å². The van der Waals surface area contributed by atoms with E-state index in [2.05, 4.69) is 32.8 Å². The van der Waals surface area contributed by atoms with E-state index in [0.29, 0.717) is 17.4 Å². The molecule has 0 amide bonds. The van der Waals surface area contributed by atoms with Crippen LogP contribution in [0.15, 0.2) is 12.2 Å². The van der Waals surface area contributed by atoms with E-state index in [1.165, 1.54) is 24.8 Å². The summed E-state index contributed by atoms with van der Waals surface area (Å²) in [6.45, 7) is 11.0. The van der Waals surface area contributed by atoms with Crippen LogP contribution in [0.2, 0.25) is 0 Å². The van der Waals surface area contributed by atoms with Gasteiger partial charge in [-0.3, -0.25) is 11.3 Å². The molecule has 0 aromatic rings. The molecule has 1 aliphatic carbocycles. The molecule has 0 bridgehead atoms. The highest BCUT2D eigenvalue weighted by atomic mass is 15.2. The first-order valence-corrected chi connectivity index (χ1v) is 6.14. The van der Waals surface area contributed by atoms with E-state index < -0.39 is 0 Å². The molecule has 3 N–H and O–H groups in total. The highest BCUT2D eigenvalue weighted by molar-refractivity contribution is 5.01. The Bertz CT molecular complexity index is 221. The predicted octanol–water partition coefficient (Wildman–Crippen LogP) is 3.00. The van der Waals surface area contributed by atoms with Crippen molar-refractivity contribution < 1.29 is 0 Å². The van der Waals surface area contributed by atoms with Gasteiger partial charge in [-0.05, 0) is 37.0 Å². The number of nitrogens with two attached hydrogens (primary N) is 1. The molecular weight excluding hydrogens is 184 g/mol. The molecule has 2 atom stereocenters. The summed E-state index contributed by atoms with van der Waals surface area (Å²) in [6, 6.07) is 0.412. The molecule has 0 radical (unpaired) electrons. The quantitative estimate of drug-likeness (QED) is 0.416. The molecule has 0 aromatic heterocycles. The summed E-state index contributed by atoms with van der Waals surface area (Å²) in [5.41, 5.74) is 4.75. The van der Waals surface area contributed by atoms with Crippen LogP contribution >= 0.6 is 0 Å². The Morgan fingerprint density at radius 1 is 1.60 bits per heavy atom. The molecule has 1 rings (SSSR count). The van der Waals surface area contributed by atoms with Gasteiger partial charge in [-0.15, -0.1) is 0 Å². The standard InChI is InChI=1S/C13H26N2/c1-5-10(2)9-12(15-14)11-7-6-8-13(11,3)4/h11-12,15H,2,5-9,14H2,1,3-4H3. The Balaban J connectivity index is 2.62. The molecule has 0 spiro atoms. The van der Waals surface area contributed by atoms with Gasteiger partial charge in [-0.2, -0.15) is 0 Å². The van der Waals surface area contributed by atoms with Crippen molar-refractivity contribution in [2.24, 2.45) is 17.2 Å². The summed E-state index contributed by atoms with van der Waals surface area (Å²) >= 11 is 0. The van der Waals surface area contributed by atoms with Gasteiger partial charge in [-0.25, -0.2) is 0 Å². The van der Waals surface area contributed by atoms with Gasteiger partial charge in [0.1, 0.15) is 0 Å². The van der Waals surface area contributed by atoms with E-state index in [9.17, 15) is 0 Å². The fraction of sp³-hybridized carbons (Fsp3) is 0.846. The molecule has 0 aromatic carbocycles. The number of nitrogens with one attached hydrogen (secondary N) is 1. The molecule has 2 unspecified atom stereocenters. The summed E-state index contributed by atoms with van der Waals surface area (Å²) < 4.78 is 0. The first-order chi connectivity index (χ1) is 7.01. The summed E-state index contributed by atoms with van der Waals surface area (Å²) in [7, 11) is 0.